The minimum atomic E-state index is -0.129. The van der Waals surface area contributed by atoms with Crippen molar-refractivity contribution < 1.29 is 4.79 Å². The van der Waals surface area contributed by atoms with Crippen LogP contribution in [-0.4, -0.2) is 28.2 Å². The second-order valence-corrected chi connectivity index (χ2v) is 6.99. The second-order valence-electron chi connectivity index (χ2n) is 4.83. The molecule has 2 rings (SSSR count). The lowest BCUT2D eigenvalue weighted by atomic mass is 10.2. The summed E-state index contributed by atoms with van der Waals surface area (Å²) in [4.78, 5) is 32.8. The smallest absolute Gasteiger partial charge is 0.260 e. The third-order valence-electron chi connectivity index (χ3n) is 3.21. The number of amides is 1. The Hall–Kier alpha value is -1.34. The summed E-state index contributed by atoms with van der Waals surface area (Å²) in [5, 5.41) is 4.00. The van der Waals surface area contributed by atoms with Gasteiger partial charge in [-0.05, 0) is 25.8 Å². The van der Waals surface area contributed by atoms with Crippen molar-refractivity contribution in [1.82, 2.24) is 15.3 Å². The number of thiophene rings is 1. The molecule has 0 unspecified atom stereocenters. The number of carbonyl (C=O) groups excluding carboxylic acids is 1. The van der Waals surface area contributed by atoms with Gasteiger partial charge >= 0.3 is 0 Å². The van der Waals surface area contributed by atoms with Crippen LogP contribution in [0.25, 0.3) is 10.2 Å². The number of aromatic amines is 1. The normalized spacial score (nSPS) is 11.0. The molecule has 0 radical (unpaired) electrons. The fourth-order valence-electron chi connectivity index (χ4n) is 1.89. The summed E-state index contributed by atoms with van der Waals surface area (Å²) >= 11 is 2.77. The molecule has 0 aliphatic carbocycles. The first-order valence-electron chi connectivity index (χ1n) is 6.92. The summed E-state index contributed by atoms with van der Waals surface area (Å²) in [6.07, 6.45) is 2.03. The highest BCUT2D eigenvalue weighted by Crippen LogP contribution is 2.27. The molecule has 1 amide bonds. The summed E-state index contributed by atoms with van der Waals surface area (Å²) in [5.41, 5.74) is 0.855. The lowest BCUT2D eigenvalue weighted by Gasteiger charge is -2.03. The highest BCUT2D eigenvalue weighted by atomic mass is 32.2. The highest BCUT2D eigenvalue weighted by molar-refractivity contribution is 7.99. The fourth-order valence-corrected chi connectivity index (χ4v) is 3.67. The number of hydrogen-bond donors (Lipinski definition) is 2. The first-order valence-corrected chi connectivity index (χ1v) is 8.72. The molecular formula is C14H19N3O2S2. The van der Waals surface area contributed by atoms with Crippen molar-refractivity contribution in [2.45, 2.75) is 38.8 Å². The predicted molar refractivity (Wildman–Crippen MR) is 88.4 cm³/mol. The molecule has 0 saturated heterocycles. The van der Waals surface area contributed by atoms with Crippen molar-refractivity contribution in [2.24, 2.45) is 0 Å². The van der Waals surface area contributed by atoms with E-state index in [1.54, 1.807) is 0 Å². The summed E-state index contributed by atoms with van der Waals surface area (Å²) in [6, 6.07) is 0. The Labute approximate surface area is 131 Å². The van der Waals surface area contributed by atoms with Crippen LogP contribution in [0.5, 0.6) is 0 Å². The lowest BCUT2D eigenvalue weighted by molar-refractivity contribution is -0.118. The molecule has 21 heavy (non-hydrogen) atoms. The summed E-state index contributed by atoms with van der Waals surface area (Å²) in [6.45, 7) is 6.69. The van der Waals surface area contributed by atoms with Crippen molar-refractivity contribution in [1.29, 1.82) is 0 Å². The maximum absolute atomic E-state index is 12.1. The van der Waals surface area contributed by atoms with Crippen LogP contribution in [-0.2, 0) is 4.79 Å². The van der Waals surface area contributed by atoms with Crippen LogP contribution in [0, 0.1) is 13.8 Å². The van der Waals surface area contributed by atoms with E-state index in [1.165, 1.54) is 23.1 Å². The lowest BCUT2D eigenvalue weighted by Crippen LogP contribution is -2.26. The van der Waals surface area contributed by atoms with Gasteiger partial charge in [-0.25, -0.2) is 4.98 Å². The minimum Gasteiger partial charge on any atom is -0.355 e. The number of H-pyrrole nitrogens is 1. The van der Waals surface area contributed by atoms with Crippen LogP contribution in [0.1, 0.15) is 30.2 Å². The number of rotatable bonds is 6. The molecular weight excluding hydrogens is 306 g/mol. The van der Waals surface area contributed by atoms with Gasteiger partial charge in [0.25, 0.3) is 5.56 Å². The van der Waals surface area contributed by atoms with Crippen LogP contribution in [0.4, 0.5) is 0 Å². The largest absolute Gasteiger partial charge is 0.355 e. The first-order chi connectivity index (χ1) is 10.0. The van der Waals surface area contributed by atoms with Crippen molar-refractivity contribution in [3.05, 3.63) is 20.8 Å². The Morgan fingerprint density at radius 3 is 2.90 bits per heavy atom. The number of hydrogen-bond acceptors (Lipinski definition) is 5. The van der Waals surface area contributed by atoms with Gasteiger partial charge in [0.15, 0.2) is 5.16 Å². The van der Waals surface area contributed by atoms with Crippen molar-refractivity contribution >= 4 is 39.2 Å². The van der Waals surface area contributed by atoms with Crippen LogP contribution >= 0.6 is 23.1 Å². The van der Waals surface area contributed by atoms with E-state index < -0.39 is 0 Å². The standard InChI is InChI=1S/C14H19N3O2S2/c1-4-5-6-15-10(18)7-20-14-16-12(19)11-8(2)9(3)21-13(11)17-14/h4-7H2,1-3H3,(H,15,18)(H,16,17,19). The molecule has 0 spiro atoms. The SMILES string of the molecule is CCCCNC(=O)CSc1nc2sc(C)c(C)c2c(=O)[nH]1. The van der Waals surface area contributed by atoms with E-state index in [-0.39, 0.29) is 17.2 Å². The minimum absolute atomic E-state index is 0.0327. The third-order valence-corrected chi connectivity index (χ3v) is 5.18. The van der Waals surface area contributed by atoms with Crippen LogP contribution in [0.3, 0.4) is 0 Å². The van der Waals surface area contributed by atoms with Gasteiger partial charge in [-0.2, -0.15) is 0 Å². The fraction of sp³-hybridized carbons (Fsp3) is 0.500. The number of fused-ring (bicyclic) bond motifs is 1. The molecule has 5 nitrogen and oxygen atoms in total. The van der Waals surface area contributed by atoms with E-state index in [9.17, 15) is 9.59 Å². The quantitative estimate of drug-likeness (QED) is 0.486. The molecule has 2 aromatic heterocycles. The second kappa shape index (κ2) is 7.09. The highest BCUT2D eigenvalue weighted by Gasteiger charge is 2.12. The van der Waals surface area contributed by atoms with E-state index >= 15 is 0 Å². The van der Waals surface area contributed by atoms with Gasteiger partial charge in [0.1, 0.15) is 4.83 Å². The van der Waals surface area contributed by atoms with E-state index in [1.807, 2.05) is 13.8 Å². The summed E-state index contributed by atoms with van der Waals surface area (Å²) < 4.78 is 0. The average Bonchev–Trinajstić information content (AvgIpc) is 2.72. The Bertz CT molecular complexity index is 706. The predicted octanol–water partition coefficient (Wildman–Crippen LogP) is 2.61. The molecule has 7 heteroatoms. The van der Waals surface area contributed by atoms with Gasteiger partial charge in [-0.3, -0.25) is 9.59 Å². The van der Waals surface area contributed by atoms with E-state index in [0.717, 1.165) is 28.1 Å². The zero-order valence-corrected chi connectivity index (χ0v) is 14.0. The van der Waals surface area contributed by atoms with Gasteiger partial charge in [0, 0.05) is 11.4 Å². The number of unbranched alkanes of at least 4 members (excludes halogenated alkanes) is 1. The monoisotopic (exact) mass is 325 g/mol. The molecule has 0 fully saturated rings. The third kappa shape index (κ3) is 3.85. The molecule has 2 heterocycles. The number of aryl methyl sites for hydroxylation is 2. The van der Waals surface area contributed by atoms with Crippen molar-refractivity contribution in [3.8, 4) is 0 Å². The molecule has 0 bridgehead atoms. The van der Waals surface area contributed by atoms with Crippen LogP contribution in [0.15, 0.2) is 9.95 Å². The zero-order chi connectivity index (χ0) is 15.4. The first kappa shape index (κ1) is 16.0. The number of aromatic nitrogens is 2. The molecule has 2 aromatic rings. The topological polar surface area (TPSA) is 74.8 Å². The molecule has 0 aliphatic rings. The van der Waals surface area contributed by atoms with Crippen LogP contribution in [0.2, 0.25) is 0 Å². The van der Waals surface area contributed by atoms with E-state index in [2.05, 4.69) is 22.2 Å². The Balaban J connectivity index is 2.06. The van der Waals surface area contributed by atoms with Crippen molar-refractivity contribution in [2.75, 3.05) is 12.3 Å². The maximum atomic E-state index is 12.1. The van der Waals surface area contributed by atoms with E-state index in [0.29, 0.717) is 17.1 Å². The molecule has 2 N–H and O–H groups in total. The van der Waals surface area contributed by atoms with Crippen LogP contribution < -0.4 is 10.9 Å². The molecule has 0 saturated carbocycles. The summed E-state index contributed by atoms with van der Waals surface area (Å²) in [5.74, 6) is 0.233. The van der Waals surface area contributed by atoms with Gasteiger partial charge in [0.2, 0.25) is 5.91 Å². The van der Waals surface area contributed by atoms with E-state index in [4.69, 9.17) is 0 Å². The van der Waals surface area contributed by atoms with Gasteiger partial charge < -0.3 is 10.3 Å². The Morgan fingerprint density at radius 1 is 1.43 bits per heavy atom. The van der Waals surface area contributed by atoms with Crippen molar-refractivity contribution in [3.63, 3.8) is 0 Å². The number of thioether (sulfide) groups is 1. The average molecular weight is 325 g/mol. The Kier molecular flexibility index (Phi) is 5.41. The van der Waals surface area contributed by atoms with Gasteiger partial charge in [-0.15, -0.1) is 11.3 Å². The number of nitrogens with zero attached hydrogens (tertiary/aromatic N) is 1. The summed E-state index contributed by atoms with van der Waals surface area (Å²) in [7, 11) is 0. The van der Waals surface area contributed by atoms with Gasteiger partial charge in [-0.1, -0.05) is 25.1 Å². The zero-order valence-electron chi connectivity index (χ0n) is 12.4. The van der Waals surface area contributed by atoms with Gasteiger partial charge in [0.05, 0.1) is 11.1 Å². The number of nitrogens with one attached hydrogen (secondary N) is 2. The molecule has 0 aromatic carbocycles. The molecule has 0 aliphatic heterocycles. The molecule has 114 valence electrons. The molecule has 0 atom stereocenters. The number of carbonyl (C=O) groups is 1. The Morgan fingerprint density at radius 2 is 2.19 bits per heavy atom. The maximum Gasteiger partial charge on any atom is 0.260 e.